The lowest BCUT2D eigenvalue weighted by atomic mass is 10.1. The van der Waals surface area contributed by atoms with Crippen LogP contribution >= 0.6 is 23.4 Å². The number of ether oxygens (including phenoxy) is 1. The lowest BCUT2D eigenvalue weighted by Crippen LogP contribution is -2.24. The van der Waals surface area contributed by atoms with Gasteiger partial charge in [0, 0.05) is 17.1 Å². The maximum absolute atomic E-state index is 12.1. The van der Waals surface area contributed by atoms with Gasteiger partial charge in [0.15, 0.2) is 0 Å². The lowest BCUT2D eigenvalue weighted by Gasteiger charge is -2.08. The maximum atomic E-state index is 12.1. The predicted molar refractivity (Wildman–Crippen MR) is 109 cm³/mol. The number of thioether (sulfide) groups is 1. The Balaban J connectivity index is 1.40. The number of rotatable bonds is 9. The van der Waals surface area contributed by atoms with Crippen LogP contribution in [0.25, 0.3) is 11.5 Å². The quantitative estimate of drug-likeness (QED) is 0.448. The van der Waals surface area contributed by atoms with Crippen LogP contribution in [0.2, 0.25) is 5.02 Å². The summed E-state index contributed by atoms with van der Waals surface area (Å²) >= 11 is 6.96. The number of alkyl halides is 3. The molecule has 0 unspecified atom stereocenters. The number of benzene rings is 2. The Kier molecular flexibility index (Phi) is 7.94. The molecule has 0 spiro atoms. The molecule has 31 heavy (non-hydrogen) atoms. The fourth-order valence-corrected chi connectivity index (χ4v) is 3.11. The van der Waals surface area contributed by atoms with Crippen LogP contribution in [0.5, 0.6) is 0 Å². The van der Waals surface area contributed by atoms with E-state index in [0.717, 1.165) is 22.9 Å². The summed E-state index contributed by atoms with van der Waals surface area (Å²) in [5.74, 6) is 0.193. The molecular weight excluding hydrogens is 455 g/mol. The smallest absolute Gasteiger partial charge is 0.411 e. The molecule has 2 aromatic carbocycles. The van der Waals surface area contributed by atoms with Crippen molar-refractivity contribution in [2.75, 3.05) is 12.4 Å². The Morgan fingerprint density at radius 3 is 2.42 bits per heavy atom. The highest BCUT2D eigenvalue weighted by atomic mass is 35.5. The van der Waals surface area contributed by atoms with Crippen molar-refractivity contribution < 1.29 is 27.1 Å². The molecule has 1 amide bonds. The van der Waals surface area contributed by atoms with E-state index in [1.807, 2.05) is 0 Å². The number of carbonyl (C=O) groups excluding carboxylic acids is 1. The van der Waals surface area contributed by atoms with Crippen LogP contribution in [-0.4, -0.2) is 34.6 Å². The van der Waals surface area contributed by atoms with E-state index in [0.29, 0.717) is 16.5 Å². The van der Waals surface area contributed by atoms with Gasteiger partial charge >= 0.3 is 6.18 Å². The number of nitrogens with one attached hydrogen (secondary N) is 1. The van der Waals surface area contributed by atoms with Crippen molar-refractivity contribution in [1.82, 2.24) is 15.5 Å². The van der Waals surface area contributed by atoms with Crippen LogP contribution in [0.15, 0.2) is 58.2 Å². The van der Waals surface area contributed by atoms with E-state index in [1.165, 1.54) is 0 Å². The first-order valence-corrected chi connectivity index (χ1v) is 10.4. The molecule has 0 aliphatic carbocycles. The largest absolute Gasteiger partial charge is 0.411 e. The first kappa shape index (κ1) is 23.1. The zero-order chi connectivity index (χ0) is 22.3. The van der Waals surface area contributed by atoms with Gasteiger partial charge in [-0.15, -0.1) is 10.2 Å². The molecule has 1 N–H and O–H groups in total. The highest BCUT2D eigenvalue weighted by Crippen LogP contribution is 2.24. The summed E-state index contributed by atoms with van der Waals surface area (Å²) in [6, 6.07) is 13.7. The third kappa shape index (κ3) is 7.89. The number of hydrogen-bond acceptors (Lipinski definition) is 6. The first-order valence-electron chi connectivity index (χ1n) is 9.00. The van der Waals surface area contributed by atoms with E-state index in [9.17, 15) is 18.0 Å². The normalized spacial score (nSPS) is 11.5. The minimum atomic E-state index is -4.35. The van der Waals surface area contributed by atoms with E-state index in [-0.39, 0.29) is 30.0 Å². The van der Waals surface area contributed by atoms with Crippen LogP contribution in [0.4, 0.5) is 13.2 Å². The molecule has 0 aliphatic rings. The van der Waals surface area contributed by atoms with Gasteiger partial charge in [-0.2, -0.15) is 13.2 Å². The second-order valence-electron chi connectivity index (χ2n) is 6.37. The van der Waals surface area contributed by atoms with Crippen molar-refractivity contribution >= 4 is 29.3 Å². The molecule has 0 bridgehead atoms. The highest BCUT2D eigenvalue weighted by Gasteiger charge is 2.27. The Morgan fingerprint density at radius 1 is 1.06 bits per heavy atom. The highest BCUT2D eigenvalue weighted by molar-refractivity contribution is 7.99. The summed E-state index contributed by atoms with van der Waals surface area (Å²) < 4.78 is 46.4. The second kappa shape index (κ2) is 10.7. The third-order valence-corrected chi connectivity index (χ3v) is 4.94. The van der Waals surface area contributed by atoms with E-state index in [2.05, 4.69) is 20.3 Å². The number of amides is 1. The molecule has 0 atom stereocenters. The number of nitrogens with zero attached hydrogens (tertiary/aromatic N) is 2. The molecule has 1 aromatic heterocycles. The molecule has 0 saturated heterocycles. The molecule has 164 valence electrons. The van der Waals surface area contributed by atoms with Crippen LogP contribution in [0, 0.1) is 0 Å². The van der Waals surface area contributed by atoms with Gasteiger partial charge in [0.25, 0.3) is 5.22 Å². The van der Waals surface area contributed by atoms with Crippen LogP contribution in [-0.2, 0) is 22.7 Å². The molecule has 0 fully saturated rings. The van der Waals surface area contributed by atoms with Crippen molar-refractivity contribution in [1.29, 1.82) is 0 Å². The van der Waals surface area contributed by atoms with Crippen LogP contribution in [0.1, 0.15) is 11.1 Å². The molecule has 3 aromatic rings. The molecule has 1 heterocycles. The van der Waals surface area contributed by atoms with Gasteiger partial charge in [-0.05, 0) is 35.4 Å². The first-order chi connectivity index (χ1) is 14.8. The second-order valence-corrected chi connectivity index (χ2v) is 7.73. The summed E-state index contributed by atoms with van der Waals surface area (Å²) in [5.41, 5.74) is 2.14. The van der Waals surface area contributed by atoms with Crippen molar-refractivity contribution in [3.05, 3.63) is 64.7 Å². The zero-order valence-corrected chi connectivity index (χ0v) is 17.6. The third-order valence-electron chi connectivity index (χ3n) is 3.87. The van der Waals surface area contributed by atoms with Crippen molar-refractivity contribution in [2.24, 2.45) is 0 Å². The molecule has 0 saturated carbocycles. The number of halogens is 4. The SMILES string of the molecule is O=C(CSc1nnc(-c2ccc(Cl)cc2)o1)NCc1ccc(COCC(F)(F)F)cc1. The monoisotopic (exact) mass is 471 g/mol. The molecule has 11 heteroatoms. The fraction of sp³-hybridized carbons (Fsp3) is 0.250. The van der Waals surface area contributed by atoms with Crippen molar-refractivity contribution in [3.63, 3.8) is 0 Å². The van der Waals surface area contributed by atoms with E-state index in [4.69, 9.17) is 16.0 Å². The Hall–Kier alpha value is -2.56. The minimum Gasteiger partial charge on any atom is -0.411 e. The minimum absolute atomic E-state index is 0.0889. The molecule has 6 nitrogen and oxygen atoms in total. The molecule has 3 rings (SSSR count). The molecule has 0 radical (unpaired) electrons. The van der Waals surface area contributed by atoms with Crippen molar-refractivity contribution in [2.45, 2.75) is 24.6 Å². The van der Waals surface area contributed by atoms with Crippen LogP contribution < -0.4 is 5.32 Å². The Labute approximate surface area is 185 Å². The van der Waals surface area contributed by atoms with Gasteiger partial charge in [-0.1, -0.05) is 47.6 Å². The van der Waals surface area contributed by atoms with Gasteiger partial charge in [0.05, 0.1) is 12.4 Å². The summed E-state index contributed by atoms with van der Waals surface area (Å²) in [6.45, 7) is -1.14. The molecular formula is C20H17ClF3N3O3S. The number of aromatic nitrogens is 2. The van der Waals surface area contributed by atoms with Crippen molar-refractivity contribution in [3.8, 4) is 11.5 Å². The Morgan fingerprint density at radius 2 is 1.74 bits per heavy atom. The average molecular weight is 472 g/mol. The van der Waals surface area contributed by atoms with E-state index in [1.54, 1.807) is 48.5 Å². The Bertz CT molecular complexity index is 995. The zero-order valence-electron chi connectivity index (χ0n) is 16.0. The number of carbonyl (C=O) groups is 1. The van der Waals surface area contributed by atoms with Gasteiger partial charge in [-0.25, -0.2) is 0 Å². The average Bonchev–Trinajstić information content (AvgIpc) is 3.20. The molecule has 0 aliphatic heterocycles. The number of hydrogen-bond donors (Lipinski definition) is 1. The maximum Gasteiger partial charge on any atom is 0.411 e. The summed E-state index contributed by atoms with van der Waals surface area (Å²) in [5, 5.41) is 11.5. The fourth-order valence-electron chi connectivity index (χ4n) is 2.39. The summed E-state index contributed by atoms with van der Waals surface area (Å²) in [7, 11) is 0. The van der Waals surface area contributed by atoms with Gasteiger partial charge in [0.1, 0.15) is 6.61 Å². The summed E-state index contributed by atoms with van der Waals surface area (Å²) in [6.07, 6.45) is -4.35. The lowest BCUT2D eigenvalue weighted by molar-refractivity contribution is -0.176. The predicted octanol–water partition coefficient (Wildman–Crippen LogP) is 4.88. The summed E-state index contributed by atoms with van der Waals surface area (Å²) in [4.78, 5) is 12.0. The van der Waals surface area contributed by atoms with E-state index >= 15 is 0 Å². The van der Waals surface area contributed by atoms with Gasteiger partial charge in [0.2, 0.25) is 11.8 Å². The van der Waals surface area contributed by atoms with Gasteiger partial charge < -0.3 is 14.5 Å². The van der Waals surface area contributed by atoms with E-state index < -0.39 is 12.8 Å². The standard InChI is InChI=1S/C20H17ClF3N3O3S/c21-16-7-5-15(6-8-16)18-26-27-19(30-18)31-11-17(28)25-9-13-1-3-14(4-2-13)10-29-12-20(22,23)24/h1-8H,9-12H2,(H,25,28). The van der Waals surface area contributed by atoms with Gasteiger partial charge in [-0.3, -0.25) is 4.79 Å². The van der Waals surface area contributed by atoms with Crippen LogP contribution in [0.3, 0.4) is 0 Å². The topological polar surface area (TPSA) is 77.2 Å².